The molecule has 2 aliphatic heterocycles. The molecule has 4 rings (SSSR count). The first kappa shape index (κ1) is 5.73. The minimum Gasteiger partial charge on any atom is -0.362 e. The summed E-state index contributed by atoms with van der Waals surface area (Å²) in [7, 11) is 0. The lowest BCUT2D eigenvalue weighted by Gasteiger charge is -2.06. The summed E-state index contributed by atoms with van der Waals surface area (Å²) in [5.74, 6) is 0. The van der Waals surface area contributed by atoms with E-state index < -0.39 is 0 Å². The van der Waals surface area contributed by atoms with Gasteiger partial charge < -0.3 is 9.47 Å². The minimum absolute atomic E-state index is 0.352. The van der Waals surface area contributed by atoms with Gasteiger partial charge in [0.05, 0.1) is 0 Å². The maximum atomic E-state index is 5.53. The van der Waals surface area contributed by atoms with Crippen LogP contribution in [0.2, 0.25) is 0 Å². The first-order valence-corrected chi connectivity index (χ1v) is 4.35. The molecular formula is C10H8O2. The molecule has 1 aromatic rings. The second kappa shape index (κ2) is 1.58. The molecule has 2 heterocycles. The largest absolute Gasteiger partial charge is 0.362 e. The molecule has 3 aliphatic rings. The maximum Gasteiger partial charge on any atom is 0.118 e. The summed E-state index contributed by atoms with van der Waals surface area (Å²) in [6.07, 6.45) is 1.46. The Morgan fingerprint density at radius 3 is 1.83 bits per heavy atom. The number of hydrogen-bond acceptors (Lipinski definition) is 2. The van der Waals surface area contributed by atoms with Crippen LogP contribution in [0.3, 0.4) is 0 Å². The molecule has 0 spiro atoms. The fourth-order valence-electron chi connectivity index (χ4n) is 2.28. The number of epoxide rings is 2. The lowest BCUT2D eigenvalue weighted by molar-refractivity contribution is 0.304. The molecule has 12 heavy (non-hydrogen) atoms. The lowest BCUT2D eigenvalue weighted by Crippen LogP contribution is -2.07. The van der Waals surface area contributed by atoms with Gasteiger partial charge in [-0.25, -0.2) is 0 Å². The van der Waals surface area contributed by atoms with E-state index in [0.717, 1.165) is 0 Å². The second-order valence-corrected chi connectivity index (χ2v) is 3.67. The van der Waals surface area contributed by atoms with E-state index >= 15 is 0 Å². The summed E-state index contributed by atoms with van der Waals surface area (Å²) in [6, 6.07) is 8.44. The summed E-state index contributed by atoms with van der Waals surface area (Å²) in [5, 5.41) is 0. The van der Waals surface area contributed by atoms with Crippen molar-refractivity contribution in [3.05, 3.63) is 35.4 Å². The van der Waals surface area contributed by atoms with Crippen molar-refractivity contribution in [3.63, 3.8) is 0 Å². The molecule has 0 bridgehead atoms. The van der Waals surface area contributed by atoms with Crippen LogP contribution in [-0.4, -0.2) is 12.2 Å². The molecule has 2 nitrogen and oxygen atoms in total. The second-order valence-electron chi connectivity index (χ2n) is 3.67. The maximum absolute atomic E-state index is 5.53. The highest BCUT2D eigenvalue weighted by molar-refractivity contribution is 5.42. The third-order valence-electron chi connectivity index (χ3n) is 2.98. The van der Waals surface area contributed by atoms with Crippen LogP contribution >= 0.6 is 0 Å². The molecule has 1 aliphatic carbocycles. The number of ether oxygens (including phenoxy) is 2. The Morgan fingerprint density at radius 1 is 0.833 bits per heavy atom. The molecule has 2 fully saturated rings. The Labute approximate surface area is 70.1 Å². The van der Waals surface area contributed by atoms with Crippen LogP contribution in [-0.2, 0) is 9.47 Å². The Kier molecular flexibility index (Phi) is 0.755. The Balaban J connectivity index is 1.99. The molecule has 60 valence electrons. The fraction of sp³-hybridized carbons (Fsp3) is 0.400. The van der Waals surface area contributed by atoms with Gasteiger partial charge in [0, 0.05) is 0 Å². The van der Waals surface area contributed by atoms with Gasteiger partial charge in [-0.2, -0.15) is 0 Å². The predicted octanol–water partition coefficient (Wildman–Crippen LogP) is 1.58. The molecule has 1 aromatic carbocycles. The smallest absolute Gasteiger partial charge is 0.118 e. The summed E-state index contributed by atoms with van der Waals surface area (Å²) in [6.45, 7) is 0. The van der Waals surface area contributed by atoms with E-state index in [1.165, 1.54) is 11.1 Å². The highest BCUT2D eigenvalue weighted by Gasteiger charge is 2.63. The molecule has 4 unspecified atom stereocenters. The summed E-state index contributed by atoms with van der Waals surface area (Å²) >= 11 is 0. The van der Waals surface area contributed by atoms with Crippen molar-refractivity contribution in [1.82, 2.24) is 0 Å². The van der Waals surface area contributed by atoms with Crippen LogP contribution in [0.25, 0.3) is 0 Å². The summed E-state index contributed by atoms with van der Waals surface area (Å²) < 4.78 is 11.1. The van der Waals surface area contributed by atoms with E-state index in [-0.39, 0.29) is 0 Å². The van der Waals surface area contributed by atoms with Gasteiger partial charge in [0.1, 0.15) is 24.4 Å². The predicted molar refractivity (Wildman–Crippen MR) is 41.7 cm³/mol. The summed E-state index contributed by atoms with van der Waals surface area (Å²) in [5.41, 5.74) is 2.70. The van der Waals surface area contributed by atoms with Crippen molar-refractivity contribution >= 4 is 0 Å². The van der Waals surface area contributed by atoms with E-state index in [2.05, 4.69) is 24.3 Å². The Morgan fingerprint density at radius 2 is 1.33 bits per heavy atom. The average Bonchev–Trinajstić information content (AvgIpc) is 2.98. The zero-order valence-corrected chi connectivity index (χ0v) is 6.44. The Bertz CT molecular complexity index is 326. The highest BCUT2D eigenvalue weighted by atomic mass is 16.7. The molecule has 0 saturated carbocycles. The normalized spacial score (nSPS) is 45.7. The van der Waals surface area contributed by atoms with E-state index in [4.69, 9.17) is 9.47 Å². The number of benzene rings is 1. The number of rotatable bonds is 0. The molecule has 4 atom stereocenters. The molecule has 0 aromatic heterocycles. The summed E-state index contributed by atoms with van der Waals surface area (Å²) in [4.78, 5) is 0. The van der Waals surface area contributed by atoms with Crippen LogP contribution in [0.1, 0.15) is 23.3 Å². The molecule has 0 N–H and O–H groups in total. The van der Waals surface area contributed by atoms with E-state index in [9.17, 15) is 0 Å². The standard InChI is InChI=1S/C10H8O2/c1-2-4-6-5(3-1)7-9(11-7)10-8(6)12-10/h1-4,7-10H. The minimum atomic E-state index is 0.352. The zero-order chi connectivity index (χ0) is 7.71. The van der Waals surface area contributed by atoms with Gasteiger partial charge in [0.2, 0.25) is 0 Å². The zero-order valence-electron chi connectivity index (χ0n) is 6.44. The van der Waals surface area contributed by atoms with Crippen molar-refractivity contribution in [2.45, 2.75) is 24.4 Å². The SMILES string of the molecule is c1ccc2c(c1)C1OC1C1OC21. The third kappa shape index (κ3) is 0.520. The van der Waals surface area contributed by atoms with Crippen LogP contribution in [0, 0.1) is 0 Å². The van der Waals surface area contributed by atoms with E-state index in [0.29, 0.717) is 24.4 Å². The quantitative estimate of drug-likeness (QED) is 0.538. The third-order valence-corrected chi connectivity index (χ3v) is 2.98. The van der Waals surface area contributed by atoms with Crippen molar-refractivity contribution in [3.8, 4) is 0 Å². The first-order valence-electron chi connectivity index (χ1n) is 4.35. The fourth-order valence-corrected chi connectivity index (χ4v) is 2.28. The van der Waals surface area contributed by atoms with Crippen molar-refractivity contribution in [2.75, 3.05) is 0 Å². The highest BCUT2D eigenvalue weighted by Crippen LogP contribution is 2.60. The van der Waals surface area contributed by atoms with Crippen LogP contribution in [0.15, 0.2) is 24.3 Å². The van der Waals surface area contributed by atoms with E-state index in [1.807, 2.05) is 0 Å². The molecule has 2 saturated heterocycles. The Hall–Kier alpha value is -0.860. The first-order chi connectivity index (χ1) is 5.95. The van der Waals surface area contributed by atoms with Crippen molar-refractivity contribution in [2.24, 2.45) is 0 Å². The molecule has 0 radical (unpaired) electrons. The van der Waals surface area contributed by atoms with Crippen molar-refractivity contribution < 1.29 is 9.47 Å². The number of fused-ring (bicyclic) bond motifs is 6. The molecule has 2 heteroatoms. The van der Waals surface area contributed by atoms with Gasteiger partial charge in [0.15, 0.2) is 0 Å². The number of hydrogen-bond donors (Lipinski definition) is 0. The lowest BCUT2D eigenvalue weighted by atomic mass is 9.92. The van der Waals surface area contributed by atoms with Gasteiger partial charge in [0.25, 0.3) is 0 Å². The van der Waals surface area contributed by atoms with Gasteiger partial charge in [-0.3, -0.25) is 0 Å². The van der Waals surface area contributed by atoms with Crippen LogP contribution < -0.4 is 0 Å². The van der Waals surface area contributed by atoms with Crippen LogP contribution in [0.5, 0.6) is 0 Å². The van der Waals surface area contributed by atoms with Crippen LogP contribution in [0.4, 0.5) is 0 Å². The average molecular weight is 160 g/mol. The van der Waals surface area contributed by atoms with Gasteiger partial charge in [-0.15, -0.1) is 0 Å². The molecular weight excluding hydrogens is 152 g/mol. The monoisotopic (exact) mass is 160 g/mol. The molecule has 0 amide bonds. The van der Waals surface area contributed by atoms with Gasteiger partial charge in [-0.1, -0.05) is 24.3 Å². The van der Waals surface area contributed by atoms with Gasteiger partial charge >= 0.3 is 0 Å². The van der Waals surface area contributed by atoms with E-state index in [1.54, 1.807) is 0 Å². The topological polar surface area (TPSA) is 25.1 Å². The van der Waals surface area contributed by atoms with Crippen molar-refractivity contribution in [1.29, 1.82) is 0 Å². The van der Waals surface area contributed by atoms with Gasteiger partial charge in [-0.05, 0) is 11.1 Å².